The second-order valence-electron chi connectivity index (χ2n) is 14.9. The number of hydrogen-bond acceptors (Lipinski definition) is 10. The summed E-state index contributed by atoms with van der Waals surface area (Å²) in [5.74, 6) is -1.30. The van der Waals surface area contributed by atoms with E-state index in [1.54, 1.807) is 94.7 Å². The van der Waals surface area contributed by atoms with E-state index in [2.05, 4.69) is 36.4 Å². The fourth-order valence-electron chi connectivity index (χ4n) is 6.50. The van der Waals surface area contributed by atoms with Gasteiger partial charge < -0.3 is 30.2 Å². The van der Waals surface area contributed by atoms with Gasteiger partial charge in [-0.25, -0.2) is 14.8 Å². The van der Waals surface area contributed by atoms with Crippen molar-refractivity contribution in [2.45, 2.75) is 80.2 Å². The fourth-order valence-corrected chi connectivity index (χ4v) is 6.50. The number of aryl methyl sites for hydroxylation is 4. The van der Waals surface area contributed by atoms with Crippen LogP contribution in [-0.2, 0) is 30.9 Å². The van der Waals surface area contributed by atoms with Gasteiger partial charge in [-0.1, -0.05) is 12.2 Å². The normalized spacial score (nSPS) is 11.7. The molecule has 0 aliphatic rings. The number of rotatable bonds is 15. The highest BCUT2D eigenvalue weighted by Crippen LogP contribution is 2.25. The van der Waals surface area contributed by atoms with Crippen molar-refractivity contribution in [3.05, 3.63) is 94.6 Å². The molecule has 4 aromatic heterocycles. The van der Waals surface area contributed by atoms with E-state index in [4.69, 9.17) is 15.5 Å². The molecule has 0 atom stereocenters. The molecule has 19 heteroatoms. The Kier molecular flexibility index (Phi) is 12.5. The van der Waals surface area contributed by atoms with Crippen LogP contribution in [-0.4, -0.2) is 87.1 Å². The Morgan fingerprint density at radius 2 is 1.15 bits per heavy atom. The Balaban J connectivity index is 1.26. The molecule has 19 nitrogen and oxygen atoms in total. The third-order valence-electron chi connectivity index (χ3n) is 9.18. The molecule has 6 rings (SSSR count). The quantitative estimate of drug-likeness (QED) is 0.0715. The van der Waals surface area contributed by atoms with Gasteiger partial charge in [-0.15, -0.1) is 0 Å². The predicted molar refractivity (Wildman–Crippen MR) is 225 cm³/mol. The standard InChI is InChI=1S/C41H49N13O6/c1-8-53-32(20-24(3)49-53)36(57)47-38-45-28-22-26(34(42)55)12-14-30(28)51(38)18-10-11-19-52-31-15-13-27(35(56)43-16-17-44-40(59)60-41(5,6)7)23-29(31)46-39(52)48-37(58)33-21-25(4)50-54(33)9-2/h10-15,20-23H,8-9,16-19H2,1-7H3,(H2,42,55)(H,43,56)(H,44,59)(H,45,47,57)(H,46,48,58)/b11-10+. The molecular formula is C41H49N13O6. The molecule has 6 N–H and O–H groups in total. The van der Waals surface area contributed by atoms with E-state index < -0.39 is 29.4 Å². The second kappa shape index (κ2) is 17.7. The lowest BCUT2D eigenvalue weighted by Gasteiger charge is -2.19. The van der Waals surface area contributed by atoms with Gasteiger partial charge in [-0.2, -0.15) is 10.2 Å². The van der Waals surface area contributed by atoms with Gasteiger partial charge in [-0.05, 0) is 97.0 Å². The molecule has 0 spiro atoms. The fraction of sp³-hybridized carbons (Fsp3) is 0.341. The van der Waals surface area contributed by atoms with Crippen molar-refractivity contribution in [2.24, 2.45) is 5.73 Å². The number of imidazole rings is 2. The average molecular weight is 820 g/mol. The minimum Gasteiger partial charge on any atom is -0.444 e. The van der Waals surface area contributed by atoms with Crippen LogP contribution in [0.5, 0.6) is 0 Å². The molecule has 2 aromatic carbocycles. The molecule has 0 radical (unpaired) electrons. The Labute approximate surface area is 345 Å². The van der Waals surface area contributed by atoms with Crippen LogP contribution in [0.15, 0.2) is 60.7 Å². The summed E-state index contributed by atoms with van der Waals surface area (Å²) in [6, 6.07) is 13.3. The zero-order chi connectivity index (χ0) is 43.3. The van der Waals surface area contributed by atoms with Gasteiger partial charge in [0.05, 0.1) is 33.5 Å². The number of amides is 5. The number of benzene rings is 2. The van der Waals surface area contributed by atoms with E-state index in [0.29, 0.717) is 63.5 Å². The molecule has 0 aliphatic carbocycles. The zero-order valence-corrected chi connectivity index (χ0v) is 34.6. The van der Waals surface area contributed by atoms with E-state index in [0.717, 1.165) is 0 Å². The number of anilines is 2. The smallest absolute Gasteiger partial charge is 0.407 e. The summed E-state index contributed by atoms with van der Waals surface area (Å²) in [4.78, 5) is 73.5. The lowest BCUT2D eigenvalue weighted by Crippen LogP contribution is -2.37. The van der Waals surface area contributed by atoms with Gasteiger partial charge in [0.15, 0.2) is 0 Å². The van der Waals surface area contributed by atoms with Crippen molar-refractivity contribution in [1.82, 2.24) is 49.3 Å². The van der Waals surface area contributed by atoms with Gasteiger partial charge in [0.25, 0.3) is 17.7 Å². The van der Waals surface area contributed by atoms with Crippen LogP contribution in [0.4, 0.5) is 16.7 Å². The first-order valence-electron chi connectivity index (χ1n) is 19.5. The molecule has 0 saturated carbocycles. The number of nitrogens with one attached hydrogen (secondary N) is 4. The van der Waals surface area contributed by atoms with Crippen molar-refractivity contribution in [3.63, 3.8) is 0 Å². The topological polar surface area (TPSA) is 240 Å². The molecule has 60 heavy (non-hydrogen) atoms. The van der Waals surface area contributed by atoms with E-state index in [1.807, 2.05) is 32.9 Å². The van der Waals surface area contributed by atoms with Crippen LogP contribution in [0.1, 0.15) is 87.7 Å². The van der Waals surface area contributed by atoms with Crippen LogP contribution in [0.2, 0.25) is 0 Å². The number of alkyl carbamates (subject to hydrolysis) is 1. The number of carbonyl (C=O) groups excluding carboxylic acids is 5. The maximum absolute atomic E-state index is 13.6. The molecule has 0 fully saturated rings. The van der Waals surface area contributed by atoms with Crippen LogP contribution < -0.4 is 27.0 Å². The van der Waals surface area contributed by atoms with Crippen molar-refractivity contribution in [2.75, 3.05) is 23.7 Å². The number of nitrogens with zero attached hydrogens (tertiary/aromatic N) is 8. The van der Waals surface area contributed by atoms with Crippen LogP contribution in [0.3, 0.4) is 0 Å². The summed E-state index contributed by atoms with van der Waals surface area (Å²) in [5, 5.41) is 20.0. The molecule has 0 unspecified atom stereocenters. The Hall–Kier alpha value is -7.31. The molecule has 0 bridgehead atoms. The number of primary amides is 1. The van der Waals surface area contributed by atoms with Gasteiger partial charge in [0.2, 0.25) is 17.8 Å². The highest BCUT2D eigenvalue weighted by molar-refractivity contribution is 6.04. The second-order valence-corrected chi connectivity index (χ2v) is 14.9. The van der Waals surface area contributed by atoms with Crippen LogP contribution in [0, 0.1) is 13.8 Å². The first-order chi connectivity index (χ1) is 28.5. The Morgan fingerprint density at radius 3 is 1.62 bits per heavy atom. The van der Waals surface area contributed by atoms with Crippen LogP contribution in [0.25, 0.3) is 22.1 Å². The first-order valence-corrected chi connectivity index (χ1v) is 19.5. The van der Waals surface area contributed by atoms with E-state index >= 15 is 0 Å². The number of hydrogen-bond donors (Lipinski definition) is 5. The van der Waals surface area contributed by atoms with E-state index in [-0.39, 0.29) is 49.5 Å². The zero-order valence-electron chi connectivity index (χ0n) is 34.6. The number of fused-ring (bicyclic) bond motifs is 2. The van der Waals surface area contributed by atoms with Gasteiger partial charge in [0, 0.05) is 50.4 Å². The third kappa shape index (κ3) is 9.68. The molecule has 0 aliphatic heterocycles. The average Bonchev–Trinajstić information content (AvgIpc) is 3.95. The number of carbonyl (C=O) groups is 5. The molecule has 314 valence electrons. The molecule has 0 saturated heterocycles. The highest BCUT2D eigenvalue weighted by atomic mass is 16.6. The van der Waals surface area contributed by atoms with E-state index in [9.17, 15) is 24.0 Å². The van der Waals surface area contributed by atoms with Gasteiger partial charge in [-0.3, -0.25) is 39.2 Å². The molecule has 5 amide bonds. The molecule has 6 aromatic rings. The largest absolute Gasteiger partial charge is 0.444 e. The number of allylic oxidation sites excluding steroid dienone is 2. The lowest BCUT2D eigenvalue weighted by molar-refractivity contribution is 0.0526. The first kappa shape index (κ1) is 42.3. The number of nitrogens with two attached hydrogens (primary N) is 1. The predicted octanol–water partition coefficient (Wildman–Crippen LogP) is 4.55. The highest BCUT2D eigenvalue weighted by Gasteiger charge is 2.21. The summed E-state index contributed by atoms with van der Waals surface area (Å²) in [6.45, 7) is 14.5. The van der Waals surface area contributed by atoms with Crippen molar-refractivity contribution in [3.8, 4) is 0 Å². The van der Waals surface area contributed by atoms with Crippen molar-refractivity contribution >= 4 is 63.7 Å². The minimum absolute atomic E-state index is 0.161. The Bertz CT molecular complexity index is 2640. The molecular weight excluding hydrogens is 771 g/mol. The van der Waals surface area contributed by atoms with Gasteiger partial charge >= 0.3 is 6.09 Å². The summed E-state index contributed by atoms with van der Waals surface area (Å²) < 4.78 is 12.0. The Morgan fingerprint density at radius 1 is 0.683 bits per heavy atom. The number of aromatic nitrogens is 8. The summed E-state index contributed by atoms with van der Waals surface area (Å²) >= 11 is 0. The molecule has 4 heterocycles. The maximum atomic E-state index is 13.6. The SMILES string of the molecule is CCn1nc(C)cc1C(=O)Nc1nc2cc(C(N)=O)ccc2n1C/C=C/Cn1c(NC(=O)c2cc(C)nn2CC)nc2cc(C(=O)NCCNC(=O)OC(C)(C)C)ccc21. The minimum atomic E-state index is -0.646. The van der Waals surface area contributed by atoms with Crippen LogP contribution >= 0.6 is 0 Å². The third-order valence-corrected chi connectivity index (χ3v) is 9.18. The summed E-state index contributed by atoms with van der Waals surface area (Å²) in [6.07, 6.45) is 3.17. The van der Waals surface area contributed by atoms with E-state index in [1.165, 1.54) is 0 Å². The lowest BCUT2D eigenvalue weighted by atomic mass is 10.2. The summed E-state index contributed by atoms with van der Waals surface area (Å²) in [5.41, 5.74) is 9.83. The maximum Gasteiger partial charge on any atom is 0.407 e. The monoisotopic (exact) mass is 819 g/mol. The van der Waals surface area contributed by atoms with Gasteiger partial charge in [0.1, 0.15) is 17.0 Å². The van der Waals surface area contributed by atoms with Crippen molar-refractivity contribution < 1.29 is 28.7 Å². The summed E-state index contributed by atoms with van der Waals surface area (Å²) in [7, 11) is 0. The van der Waals surface area contributed by atoms with Crippen molar-refractivity contribution in [1.29, 1.82) is 0 Å². The number of ether oxygens (including phenoxy) is 1.